The van der Waals surface area contributed by atoms with Crippen LogP contribution in [-0.2, 0) is 0 Å². The SMILES string of the molecule is CCOc1ccccc1C(=O)Nc1[nH]ncc1C#N. The molecule has 0 atom stereocenters. The van der Waals surface area contributed by atoms with Gasteiger partial charge in [-0.15, -0.1) is 0 Å². The molecular weight excluding hydrogens is 244 g/mol. The van der Waals surface area contributed by atoms with Gasteiger partial charge >= 0.3 is 0 Å². The van der Waals surface area contributed by atoms with E-state index in [1.165, 1.54) is 6.20 Å². The minimum atomic E-state index is -0.357. The summed E-state index contributed by atoms with van der Waals surface area (Å²) in [4.78, 5) is 12.1. The summed E-state index contributed by atoms with van der Waals surface area (Å²) in [5.74, 6) is 0.420. The number of rotatable bonds is 4. The molecule has 2 rings (SSSR count). The number of hydrogen-bond donors (Lipinski definition) is 2. The molecule has 2 N–H and O–H groups in total. The third-order valence-electron chi connectivity index (χ3n) is 2.43. The molecule has 0 bridgehead atoms. The van der Waals surface area contributed by atoms with Crippen LogP contribution in [-0.4, -0.2) is 22.7 Å². The Morgan fingerprint density at radius 3 is 3.05 bits per heavy atom. The van der Waals surface area contributed by atoms with Gasteiger partial charge in [-0.3, -0.25) is 9.89 Å². The zero-order chi connectivity index (χ0) is 13.7. The van der Waals surface area contributed by atoms with Crippen LogP contribution in [0.1, 0.15) is 22.8 Å². The quantitative estimate of drug-likeness (QED) is 0.874. The lowest BCUT2D eigenvalue weighted by atomic mass is 10.2. The highest BCUT2D eigenvalue weighted by molar-refractivity contribution is 6.06. The molecule has 0 fully saturated rings. The number of nitriles is 1. The first-order valence-corrected chi connectivity index (χ1v) is 5.73. The lowest BCUT2D eigenvalue weighted by Crippen LogP contribution is -2.14. The van der Waals surface area contributed by atoms with Gasteiger partial charge in [0.15, 0.2) is 0 Å². The molecule has 0 aliphatic heterocycles. The van der Waals surface area contributed by atoms with Crippen molar-refractivity contribution >= 4 is 11.7 Å². The third kappa shape index (κ3) is 2.72. The summed E-state index contributed by atoms with van der Waals surface area (Å²) in [5, 5.41) is 17.7. The van der Waals surface area contributed by atoms with Gasteiger partial charge in [0.2, 0.25) is 0 Å². The third-order valence-corrected chi connectivity index (χ3v) is 2.43. The summed E-state index contributed by atoms with van der Waals surface area (Å²) < 4.78 is 5.38. The number of hydrogen-bond acceptors (Lipinski definition) is 4. The van der Waals surface area contributed by atoms with Crippen molar-refractivity contribution < 1.29 is 9.53 Å². The molecule has 1 aromatic heterocycles. The predicted molar refractivity (Wildman–Crippen MR) is 68.9 cm³/mol. The minimum absolute atomic E-state index is 0.277. The van der Waals surface area contributed by atoms with Crippen LogP contribution in [0, 0.1) is 11.3 Å². The molecule has 6 heteroatoms. The Balaban J connectivity index is 2.23. The fourth-order valence-corrected chi connectivity index (χ4v) is 1.58. The van der Waals surface area contributed by atoms with Gasteiger partial charge in [-0.2, -0.15) is 10.4 Å². The van der Waals surface area contributed by atoms with Crippen LogP contribution in [0.5, 0.6) is 5.75 Å². The van der Waals surface area contributed by atoms with Crippen LogP contribution >= 0.6 is 0 Å². The van der Waals surface area contributed by atoms with Crippen molar-refractivity contribution in [3.63, 3.8) is 0 Å². The maximum absolute atomic E-state index is 12.1. The van der Waals surface area contributed by atoms with Gasteiger partial charge in [0.05, 0.1) is 18.4 Å². The summed E-state index contributed by atoms with van der Waals surface area (Å²) in [6, 6.07) is 8.84. The Morgan fingerprint density at radius 1 is 1.53 bits per heavy atom. The molecule has 0 spiro atoms. The number of benzene rings is 1. The zero-order valence-corrected chi connectivity index (χ0v) is 10.3. The van der Waals surface area contributed by atoms with Crippen molar-refractivity contribution in [1.82, 2.24) is 10.2 Å². The van der Waals surface area contributed by atoms with Crippen molar-refractivity contribution in [3.8, 4) is 11.8 Å². The second kappa shape index (κ2) is 5.69. The Morgan fingerprint density at radius 2 is 2.32 bits per heavy atom. The van der Waals surface area contributed by atoms with Gasteiger partial charge < -0.3 is 10.1 Å². The van der Waals surface area contributed by atoms with E-state index in [9.17, 15) is 4.79 Å². The Bertz CT molecular complexity index is 628. The van der Waals surface area contributed by atoms with Crippen molar-refractivity contribution in [2.75, 3.05) is 11.9 Å². The number of para-hydroxylation sites is 1. The number of anilines is 1. The van der Waals surface area contributed by atoms with Crippen molar-refractivity contribution in [2.45, 2.75) is 6.92 Å². The number of carbonyl (C=O) groups is 1. The topological polar surface area (TPSA) is 90.8 Å². The van der Waals surface area contributed by atoms with Gasteiger partial charge in [-0.1, -0.05) is 12.1 Å². The summed E-state index contributed by atoms with van der Waals surface area (Å²) in [7, 11) is 0. The van der Waals surface area contributed by atoms with E-state index < -0.39 is 0 Å². The molecular formula is C13H12N4O2. The van der Waals surface area contributed by atoms with Gasteiger partial charge in [0.1, 0.15) is 23.2 Å². The van der Waals surface area contributed by atoms with Crippen LogP contribution in [0.15, 0.2) is 30.5 Å². The molecule has 1 aromatic carbocycles. The Hall–Kier alpha value is -2.81. The van der Waals surface area contributed by atoms with E-state index in [1.54, 1.807) is 24.3 Å². The maximum atomic E-state index is 12.1. The zero-order valence-electron chi connectivity index (χ0n) is 10.3. The smallest absolute Gasteiger partial charge is 0.260 e. The number of aromatic nitrogens is 2. The van der Waals surface area contributed by atoms with E-state index >= 15 is 0 Å². The highest BCUT2D eigenvalue weighted by atomic mass is 16.5. The lowest BCUT2D eigenvalue weighted by Gasteiger charge is -2.09. The average Bonchev–Trinajstić information content (AvgIpc) is 2.87. The van der Waals surface area contributed by atoms with E-state index in [2.05, 4.69) is 15.5 Å². The van der Waals surface area contributed by atoms with Gasteiger partial charge in [0.25, 0.3) is 5.91 Å². The summed E-state index contributed by atoms with van der Waals surface area (Å²) in [6.45, 7) is 2.31. The highest BCUT2D eigenvalue weighted by Gasteiger charge is 2.14. The number of aromatic amines is 1. The molecule has 0 radical (unpaired) electrons. The highest BCUT2D eigenvalue weighted by Crippen LogP contribution is 2.20. The second-order valence-electron chi connectivity index (χ2n) is 3.65. The molecule has 2 aromatic rings. The first kappa shape index (κ1) is 12.6. The van der Waals surface area contributed by atoms with Gasteiger partial charge in [-0.05, 0) is 19.1 Å². The van der Waals surface area contributed by atoms with Gasteiger partial charge in [0, 0.05) is 0 Å². The second-order valence-corrected chi connectivity index (χ2v) is 3.65. The number of amides is 1. The molecule has 0 unspecified atom stereocenters. The van der Waals surface area contributed by atoms with Crippen molar-refractivity contribution in [3.05, 3.63) is 41.6 Å². The molecule has 0 aliphatic carbocycles. The van der Waals surface area contributed by atoms with E-state index in [-0.39, 0.29) is 17.3 Å². The summed E-state index contributed by atoms with van der Waals surface area (Å²) >= 11 is 0. The summed E-state index contributed by atoms with van der Waals surface area (Å²) in [5.41, 5.74) is 0.685. The fourth-order valence-electron chi connectivity index (χ4n) is 1.58. The monoisotopic (exact) mass is 256 g/mol. The normalized spacial score (nSPS) is 9.68. The molecule has 1 heterocycles. The van der Waals surface area contributed by atoms with E-state index in [0.717, 1.165) is 0 Å². The van der Waals surface area contributed by atoms with Crippen LogP contribution in [0.4, 0.5) is 5.82 Å². The predicted octanol–water partition coefficient (Wildman–Crippen LogP) is 1.93. The molecule has 6 nitrogen and oxygen atoms in total. The van der Waals surface area contributed by atoms with E-state index in [1.807, 2.05) is 13.0 Å². The largest absolute Gasteiger partial charge is 0.493 e. The number of H-pyrrole nitrogens is 1. The lowest BCUT2D eigenvalue weighted by molar-refractivity contribution is 0.102. The van der Waals surface area contributed by atoms with Crippen LogP contribution in [0.2, 0.25) is 0 Å². The molecule has 0 saturated carbocycles. The first-order chi connectivity index (χ1) is 9.26. The number of nitrogens with one attached hydrogen (secondary N) is 2. The first-order valence-electron chi connectivity index (χ1n) is 5.73. The number of nitrogens with zero attached hydrogens (tertiary/aromatic N) is 2. The van der Waals surface area contributed by atoms with Crippen LogP contribution in [0.3, 0.4) is 0 Å². The Labute approximate surface area is 110 Å². The van der Waals surface area contributed by atoms with Gasteiger partial charge in [-0.25, -0.2) is 0 Å². The molecule has 19 heavy (non-hydrogen) atoms. The average molecular weight is 256 g/mol. The maximum Gasteiger partial charge on any atom is 0.260 e. The van der Waals surface area contributed by atoms with Crippen molar-refractivity contribution in [2.24, 2.45) is 0 Å². The van der Waals surface area contributed by atoms with Crippen LogP contribution < -0.4 is 10.1 Å². The summed E-state index contributed by atoms with van der Waals surface area (Å²) in [6.07, 6.45) is 1.35. The molecule has 0 aliphatic rings. The van der Waals surface area contributed by atoms with E-state index in [0.29, 0.717) is 17.9 Å². The van der Waals surface area contributed by atoms with Crippen molar-refractivity contribution in [1.29, 1.82) is 5.26 Å². The minimum Gasteiger partial charge on any atom is -0.493 e. The number of ether oxygens (including phenoxy) is 1. The fraction of sp³-hybridized carbons (Fsp3) is 0.154. The molecule has 0 saturated heterocycles. The molecule has 96 valence electrons. The number of carbonyl (C=O) groups excluding carboxylic acids is 1. The van der Waals surface area contributed by atoms with E-state index in [4.69, 9.17) is 10.00 Å². The standard InChI is InChI=1S/C13H12N4O2/c1-2-19-11-6-4-3-5-10(11)13(18)16-12-9(7-14)8-15-17-12/h3-6,8H,2H2,1H3,(H2,15,16,17,18). The van der Waals surface area contributed by atoms with Crippen LogP contribution in [0.25, 0.3) is 0 Å². The molecule has 1 amide bonds. The Kier molecular flexibility index (Phi) is 3.78.